The summed E-state index contributed by atoms with van der Waals surface area (Å²) in [5.41, 5.74) is 14.5. The van der Waals surface area contributed by atoms with Crippen molar-refractivity contribution in [3.63, 3.8) is 0 Å². The fraction of sp³-hybridized carbons (Fsp3) is 0. The van der Waals surface area contributed by atoms with Crippen molar-refractivity contribution in [2.75, 3.05) is 9.80 Å². The zero-order chi connectivity index (χ0) is 34.6. The van der Waals surface area contributed by atoms with Crippen LogP contribution in [-0.2, 0) is 0 Å². The van der Waals surface area contributed by atoms with Crippen molar-refractivity contribution in [2.45, 2.75) is 0 Å². The Kier molecular flexibility index (Phi) is 7.07. The molecule has 0 aliphatic carbocycles. The summed E-state index contributed by atoms with van der Waals surface area (Å²) in [5, 5.41) is 18.8. The largest absolute Gasteiger partial charge is 0.478 e. The molecule has 2 aliphatic heterocycles. The van der Waals surface area contributed by atoms with E-state index in [-0.39, 0.29) is 17.8 Å². The van der Waals surface area contributed by atoms with Crippen LogP contribution in [0.15, 0.2) is 164 Å². The molecule has 9 rings (SSSR count). The molecule has 0 fully saturated rings. The summed E-state index contributed by atoms with van der Waals surface area (Å²) >= 11 is 0. The molecule has 0 unspecified atom stereocenters. The van der Waals surface area contributed by atoms with Crippen LogP contribution in [0.25, 0.3) is 22.3 Å². The van der Waals surface area contributed by atoms with Gasteiger partial charge in [0.1, 0.15) is 0 Å². The van der Waals surface area contributed by atoms with Crippen molar-refractivity contribution in [3.05, 3.63) is 175 Å². The highest BCUT2D eigenvalue weighted by atomic mass is 16.4. The summed E-state index contributed by atoms with van der Waals surface area (Å²) in [6.07, 6.45) is 0. The van der Waals surface area contributed by atoms with Crippen LogP contribution in [0.3, 0.4) is 0 Å². The van der Waals surface area contributed by atoms with Gasteiger partial charge < -0.3 is 20.0 Å². The van der Waals surface area contributed by atoms with E-state index in [4.69, 9.17) is 0 Å². The highest BCUT2D eigenvalue weighted by Gasteiger charge is 2.43. The molecule has 0 amide bonds. The van der Waals surface area contributed by atoms with E-state index in [1.54, 1.807) is 24.3 Å². The van der Waals surface area contributed by atoms with Gasteiger partial charge in [0.2, 0.25) is 0 Å². The summed E-state index contributed by atoms with van der Waals surface area (Å²) in [6, 6.07) is 54.6. The Bertz CT molecular complexity index is 2480. The van der Waals surface area contributed by atoms with Gasteiger partial charge in [-0.25, -0.2) is 9.59 Å². The standard InChI is InChI=1S/C44H29BN2O4/c48-43(49)31-17-13-28(14-18-31)29-21-24-35(25-22-29)47-38-10-5-4-9-36(38)45-37-27-33(30-15-19-32(20-16-30)44(50)51)23-26-39(37)46(34-7-2-1-3-8-34)40-11-6-12-41(47)42(40)45/h1-27H,(H,48,49)(H,50,51). The van der Waals surface area contributed by atoms with E-state index in [9.17, 15) is 19.8 Å². The lowest BCUT2D eigenvalue weighted by molar-refractivity contribution is 0.0686. The molecule has 242 valence electrons. The summed E-state index contributed by atoms with van der Waals surface area (Å²) in [5.74, 6) is -1.88. The van der Waals surface area contributed by atoms with E-state index in [1.807, 2.05) is 30.3 Å². The third kappa shape index (κ3) is 4.98. The SMILES string of the molecule is O=C(O)c1ccc(-c2ccc(N3c4ccccc4B4c5cc(-c6ccc(C(=O)O)cc6)ccc5N(c5ccccc5)c5cccc3c54)cc2)cc1. The highest BCUT2D eigenvalue weighted by molar-refractivity contribution is 7.00. The molecule has 7 heteroatoms. The lowest BCUT2D eigenvalue weighted by atomic mass is 9.33. The van der Waals surface area contributed by atoms with Crippen LogP contribution in [0.4, 0.5) is 34.1 Å². The predicted molar refractivity (Wildman–Crippen MR) is 205 cm³/mol. The lowest BCUT2D eigenvalue weighted by Gasteiger charge is -2.44. The minimum absolute atomic E-state index is 0.0520. The van der Waals surface area contributed by atoms with Gasteiger partial charge in [0.25, 0.3) is 6.71 Å². The number of carbonyl (C=O) groups is 2. The second-order valence-electron chi connectivity index (χ2n) is 12.8. The average Bonchev–Trinajstić information content (AvgIpc) is 3.18. The van der Waals surface area contributed by atoms with Crippen molar-refractivity contribution in [2.24, 2.45) is 0 Å². The molecule has 0 atom stereocenters. The van der Waals surface area contributed by atoms with Crippen molar-refractivity contribution < 1.29 is 19.8 Å². The molecule has 0 saturated heterocycles. The van der Waals surface area contributed by atoms with Gasteiger partial charge in [-0.15, -0.1) is 0 Å². The summed E-state index contributed by atoms with van der Waals surface area (Å²) in [7, 11) is 0. The summed E-state index contributed by atoms with van der Waals surface area (Å²) in [4.78, 5) is 27.7. The number of carboxylic acid groups (broad SMARTS) is 2. The minimum atomic E-state index is -0.943. The van der Waals surface area contributed by atoms with Gasteiger partial charge in [-0.3, -0.25) is 0 Å². The topological polar surface area (TPSA) is 81.1 Å². The average molecular weight is 661 g/mol. The lowest BCUT2D eigenvalue weighted by Crippen LogP contribution is -2.61. The number of para-hydroxylation sites is 2. The number of carboxylic acids is 2. The fourth-order valence-electron chi connectivity index (χ4n) is 7.62. The van der Waals surface area contributed by atoms with E-state index < -0.39 is 11.9 Å². The van der Waals surface area contributed by atoms with Crippen LogP contribution in [0.2, 0.25) is 0 Å². The Morgan fingerprint density at radius 1 is 0.412 bits per heavy atom. The molecular formula is C44H29BN2O4. The molecule has 0 aromatic heterocycles. The van der Waals surface area contributed by atoms with Gasteiger partial charge in [0, 0.05) is 34.1 Å². The Morgan fingerprint density at radius 2 is 0.863 bits per heavy atom. The monoisotopic (exact) mass is 660 g/mol. The smallest absolute Gasteiger partial charge is 0.335 e. The second kappa shape index (κ2) is 11.9. The summed E-state index contributed by atoms with van der Waals surface area (Å²) < 4.78 is 0. The first-order valence-corrected chi connectivity index (χ1v) is 16.7. The van der Waals surface area contributed by atoms with Gasteiger partial charge in [-0.05, 0) is 111 Å². The van der Waals surface area contributed by atoms with Crippen molar-refractivity contribution in [1.29, 1.82) is 0 Å². The number of fused-ring (bicyclic) bond motifs is 4. The van der Waals surface area contributed by atoms with Gasteiger partial charge >= 0.3 is 11.9 Å². The highest BCUT2D eigenvalue weighted by Crippen LogP contribution is 2.44. The first kappa shape index (κ1) is 30.2. The molecule has 0 spiro atoms. The zero-order valence-corrected chi connectivity index (χ0v) is 27.3. The molecule has 6 nitrogen and oxygen atoms in total. The molecule has 0 radical (unpaired) electrons. The Balaban J connectivity index is 1.22. The first-order valence-electron chi connectivity index (χ1n) is 16.7. The molecule has 7 aromatic rings. The second-order valence-corrected chi connectivity index (χ2v) is 12.8. The van der Waals surface area contributed by atoms with Crippen LogP contribution in [-0.4, -0.2) is 28.9 Å². The molecule has 2 aliphatic rings. The Morgan fingerprint density at radius 3 is 1.45 bits per heavy atom. The van der Waals surface area contributed by atoms with Gasteiger partial charge in [0.05, 0.1) is 11.1 Å². The number of benzene rings is 7. The van der Waals surface area contributed by atoms with Crippen LogP contribution in [0, 0.1) is 0 Å². The number of rotatable bonds is 6. The van der Waals surface area contributed by atoms with E-state index in [0.29, 0.717) is 0 Å². The molecule has 51 heavy (non-hydrogen) atoms. The molecule has 2 heterocycles. The van der Waals surface area contributed by atoms with Crippen molar-refractivity contribution >= 4 is 69.2 Å². The van der Waals surface area contributed by atoms with Crippen molar-refractivity contribution in [3.8, 4) is 22.3 Å². The maximum atomic E-state index is 11.6. The number of aromatic carboxylic acids is 2. The third-order valence-electron chi connectivity index (χ3n) is 9.97. The molecule has 7 aromatic carbocycles. The van der Waals surface area contributed by atoms with E-state index >= 15 is 0 Å². The number of hydrogen-bond acceptors (Lipinski definition) is 4. The normalized spacial score (nSPS) is 12.5. The molecule has 0 saturated carbocycles. The Hall–Kier alpha value is -6.86. The van der Waals surface area contributed by atoms with Crippen LogP contribution >= 0.6 is 0 Å². The number of hydrogen-bond donors (Lipinski definition) is 2. The van der Waals surface area contributed by atoms with Gasteiger partial charge in [0.15, 0.2) is 0 Å². The zero-order valence-electron chi connectivity index (χ0n) is 27.3. The maximum absolute atomic E-state index is 11.6. The van der Waals surface area contributed by atoms with E-state index in [1.165, 1.54) is 16.4 Å². The third-order valence-corrected chi connectivity index (χ3v) is 9.97. The van der Waals surface area contributed by atoms with Crippen LogP contribution in [0.1, 0.15) is 20.7 Å². The van der Waals surface area contributed by atoms with Crippen LogP contribution in [0.5, 0.6) is 0 Å². The summed E-state index contributed by atoms with van der Waals surface area (Å²) in [6.45, 7) is -0.0520. The molecule has 2 N–H and O–H groups in total. The van der Waals surface area contributed by atoms with E-state index in [2.05, 4.69) is 119 Å². The molecule has 0 bridgehead atoms. The van der Waals surface area contributed by atoms with Crippen molar-refractivity contribution in [1.82, 2.24) is 0 Å². The quantitative estimate of drug-likeness (QED) is 0.174. The predicted octanol–water partition coefficient (Wildman–Crippen LogP) is 8.50. The maximum Gasteiger partial charge on any atom is 0.335 e. The number of nitrogens with zero attached hydrogens (tertiary/aromatic N) is 2. The number of anilines is 6. The Labute approximate surface area is 295 Å². The first-order chi connectivity index (χ1) is 25.0. The van der Waals surface area contributed by atoms with Gasteiger partial charge in [-0.1, -0.05) is 91.0 Å². The minimum Gasteiger partial charge on any atom is -0.478 e. The van der Waals surface area contributed by atoms with E-state index in [0.717, 1.165) is 56.4 Å². The van der Waals surface area contributed by atoms with Gasteiger partial charge in [-0.2, -0.15) is 0 Å². The molecular weight excluding hydrogens is 631 g/mol. The van der Waals surface area contributed by atoms with Crippen LogP contribution < -0.4 is 26.2 Å². The fourth-order valence-corrected chi connectivity index (χ4v) is 7.62.